The van der Waals surface area contributed by atoms with Crippen molar-refractivity contribution in [2.75, 3.05) is 35.5 Å². The molecule has 0 aliphatic heterocycles. The van der Waals surface area contributed by atoms with Crippen molar-refractivity contribution in [1.29, 1.82) is 0 Å². The summed E-state index contributed by atoms with van der Waals surface area (Å²) < 4.78 is 39.3. The Bertz CT molecular complexity index is 1390. The zero-order valence-corrected chi connectivity index (χ0v) is 20.2. The van der Waals surface area contributed by atoms with Crippen molar-refractivity contribution in [3.63, 3.8) is 0 Å². The molecule has 1 aromatic heterocycles. The molecule has 8 nitrogen and oxygen atoms in total. The molecule has 1 heterocycles. The van der Waals surface area contributed by atoms with Gasteiger partial charge in [-0.3, -0.25) is 4.79 Å². The van der Waals surface area contributed by atoms with Gasteiger partial charge in [0, 0.05) is 11.6 Å². The summed E-state index contributed by atoms with van der Waals surface area (Å²) in [6, 6.07) is 14.6. The summed E-state index contributed by atoms with van der Waals surface area (Å²) in [5.74, 6) is 2.21. The van der Waals surface area contributed by atoms with E-state index in [9.17, 15) is 4.79 Å². The van der Waals surface area contributed by atoms with E-state index in [1.807, 2.05) is 30.3 Å². The Balaban J connectivity index is 1.84. The Kier molecular flexibility index (Phi) is 7.01. The van der Waals surface area contributed by atoms with Crippen LogP contribution in [0.2, 0.25) is 0 Å². The van der Waals surface area contributed by atoms with Gasteiger partial charge in [-0.15, -0.1) is 0 Å². The SMILES string of the molecule is COc1cc2c(=O)c(-c3cc(OC)c(OC)c(OC)c3OC)coc2cc1OCc1ccccc1. The third-order valence-electron chi connectivity index (χ3n) is 5.57. The van der Waals surface area contributed by atoms with Crippen LogP contribution in [0.25, 0.3) is 22.1 Å². The first-order valence-electron chi connectivity index (χ1n) is 10.7. The second-order valence-electron chi connectivity index (χ2n) is 7.48. The lowest BCUT2D eigenvalue weighted by Crippen LogP contribution is -2.08. The monoisotopic (exact) mass is 478 g/mol. The molecule has 4 rings (SSSR count). The van der Waals surface area contributed by atoms with E-state index in [0.717, 1.165) is 5.56 Å². The lowest BCUT2D eigenvalue weighted by atomic mass is 10.0. The van der Waals surface area contributed by atoms with Crippen molar-refractivity contribution >= 4 is 11.0 Å². The minimum atomic E-state index is -0.285. The van der Waals surface area contributed by atoms with Crippen molar-refractivity contribution in [3.8, 4) is 45.6 Å². The average Bonchev–Trinajstić information content (AvgIpc) is 2.90. The van der Waals surface area contributed by atoms with Crippen LogP contribution in [0.15, 0.2) is 64.0 Å². The van der Waals surface area contributed by atoms with Gasteiger partial charge in [-0.25, -0.2) is 0 Å². The summed E-state index contributed by atoms with van der Waals surface area (Å²) in [6.45, 7) is 0.341. The van der Waals surface area contributed by atoms with E-state index in [2.05, 4.69) is 0 Å². The zero-order valence-electron chi connectivity index (χ0n) is 20.2. The summed E-state index contributed by atoms with van der Waals surface area (Å²) >= 11 is 0. The summed E-state index contributed by atoms with van der Waals surface area (Å²) in [4.78, 5) is 13.6. The topological polar surface area (TPSA) is 85.6 Å². The van der Waals surface area contributed by atoms with Crippen LogP contribution in [0, 0.1) is 0 Å². The number of ether oxygens (including phenoxy) is 6. The summed E-state index contributed by atoms with van der Waals surface area (Å²) in [5, 5.41) is 0.321. The van der Waals surface area contributed by atoms with Crippen molar-refractivity contribution in [1.82, 2.24) is 0 Å². The van der Waals surface area contributed by atoms with E-state index < -0.39 is 0 Å². The van der Waals surface area contributed by atoms with Crippen molar-refractivity contribution in [3.05, 3.63) is 70.6 Å². The molecule has 0 unspecified atom stereocenters. The Labute approximate surface area is 202 Å². The Morgan fingerprint density at radius 3 is 2.00 bits per heavy atom. The van der Waals surface area contributed by atoms with Gasteiger partial charge >= 0.3 is 0 Å². The second-order valence-corrected chi connectivity index (χ2v) is 7.48. The van der Waals surface area contributed by atoms with Gasteiger partial charge < -0.3 is 32.8 Å². The maximum Gasteiger partial charge on any atom is 0.207 e. The number of methoxy groups -OCH3 is 5. The van der Waals surface area contributed by atoms with Gasteiger partial charge in [0.15, 0.2) is 23.0 Å². The van der Waals surface area contributed by atoms with Crippen molar-refractivity contribution in [2.24, 2.45) is 0 Å². The molecule has 0 bridgehead atoms. The van der Waals surface area contributed by atoms with Crippen molar-refractivity contribution < 1.29 is 32.8 Å². The van der Waals surface area contributed by atoms with Crippen LogP contribution < -0.4 is 33.8 Å². The molecule has 35 heavy (non-hydrogen) atoms. The molecule has 182 valence electrons. The molecular formula is C27H26O8. The van der Waals surface area contributed by atoms with Crippen LogP contribution in [0.4, 0.5) is 0 Å². The Morgan fingerprint density at radius 2 is 1.37 bits per heavy atom. The van der Waals surface area contributed by atoms with E-state index in [4.69, 9.17) is 32.8 Å². The summed E-state index contributed by atoms with van der Waals surface area (Å²) in [7, 11) is 7.47. The molecule has 0 amide bonds. The molecule has 0 saturated heterocycles. The predicted molar refractivity (Wildman–Crippen MR) is 131 cm³/mol. The lowest BCUT2D eigenvalue weighted by molar-refractivity contribution is 0.284. The van der Waals surface area contributed by atoms with E-state index >= 15 is 0 Å². The van der Waals surface area contributed by atoms with Crippen LogP contribution >= 0.6 is 0 Å². The van der Waals surface area contributed by atoms with Gasteiger partial charge in [0.05, 0.1) is 46.5 Å². The largest absolute Gasteiger partial charge is 0.493 e. The molecule has 0 fully saturated rings. The maximum atomic E-state index is 13.6. The Morgan fingerprint density at radius 1 is 0.686 bits per heavy atom. The minimum absolute atomic E-state index is 0.258. The molecular weight excluding hydrogens is 452 g/mol. The number of benzene rings is 3. The first kappa shape index (κ1) is 23.8. The molecule has 0 atom stereocenters. The smallest absolute Gasteiger partial charge is 0.207 e. The number of hydrogen-bond donors (Lipinski definition) is 0. The predicted octanol–water partition coefficient (Wildman–Crippen LogP) is 5.08. The summed E-state index contributed by atoms with van der Waals surface area (Å²) in [5.41, 5.74) is 1.76. The quantitative estimate of drug-likeness (QED) is 0.329. The van der Waals surface area contributed by atoms with E-state index in [1.54, 1.807) is 18.2 Å². The lowest BCUT2D eigenvalue weighted by Gasteiger charge is -2.18. The molecule has 3 aromatic carbocycles. The second kappa shape index (κ2) is 10.3. The van der Waals surface area contributed by atoms with Crippen LogP contribution in [-0.2, 0) is 6.61 Å². The molecule has 0 radical (unpaired) electrons. The fourth-order valence-corrected chi connectivity index (χ4v) is 3.86. The molecule has 0 spiro atoms. The molecule has 4 aromatic rings. The van der Waals surface area contributed by atoms with Gasteiger partial charge in [0.25, 0.3) is 0 Å². The standard InChI is InChI=1S/C27H26O8/c1-29-21-12-18-20(13-22(21)34-14-16-9-7-6-8-10-16)35-15-19(24(18)28)17-11-23(30-2)26(32-4)27(33-5)25(17)31-3/h6-13,15H,14H2,1-5H3. The van der Waals surface area contributed by atoms with Gasteiger partial charge in [0.1, 0.15) is 18.5 Å². The van der Waals surface area contributed by atoms with Crippen molar-refractivity contribution in [2.45, 2.75) is 6.61 Å². The molecule has 0 saturated carbocycles. The first-order chi connectivity index (χ1) is 17.1. The van der Waals surface area contributed by atoms with Gasteiger partial charge in [-0.05, 0) is 17.7 Å². The van der Waals surface area contributed by atoms with E-state index in [1.165, 1.54) is 41.8 Å². The third-order valence-corrected chi connectivity index (χ3v) is 5.57. The van der Waals surface area contributed by atoms with Gasteiger partial charge in [-0.1, -0.05) is 30.3 Å². The third kappa shape index (κ3) is 4.42. The fourth-order valence-electron chi connectivity index (χ4n) is 3.86. The molecule has 0 aliphatic rings. The highest BCUT2D eigenvalue weighted by molar-refractivity contribution is 5.87. The number of fused-ring (bicyclic) bond motifs is 1. The Hall–Kier alpha value is -4.33. The number of rotatable bonds is 9. The highest BCUT2D eigenvalue weighted by atomic mass is 16.5. The van der Waals surface area contributed by atoms with Crippen LogP contribution in [0.5, 0.6) is 34.5 Å². The molecule has 0 aliphatic carbocycles. The highest BCUT2D eigenvalue weighted by Crippen LogP contribution is 2.49. The first-order valence-corrected chi connectivity index (χ1v) is 10.7. The normalized spacial score (nSPS) is 10.7. The van der Waals surface area contributed by atoms with E-state index in [-0.39, 0.29) is 11.0 Å². The van der Waals surface area contributed by atoms with Gasteiger partial charge in [0.2, 0.25) is 16.9 Å². The average molecular weight is 478 g/mol. The van der Waals surface area contributed by atoms with Crippen LogP contribution in [-0.4, -0.2) is 35.5 Å². The molecule has 0 N–H and O–H groups in total. The van der Waals surface area contributed by atoms with Crippen LogP contribution in [0.1, 0.15) is 5.56 Å². The highest BCUT2D eigenvalue weighted by Gasteiger charge is 2.25. The number of hydrogen-bond acceptors (Lipinski definition) is 8. The van der Waals surface area contributed by atoms with E-state index in [0.29, 0.717) is 57.6 Å². The molecule has 8 heteroatoms. The fraction of sp³-hybridized carbons (Fsp3) is 0.222. The summed E-state index contributed by atoms with van der Waals surface area (Å²) in [6.07, 6.45) is 1.38. The maximum absolute atomic E-state index is 13.6. The minimum Gasteiger partial charge on any atom is -0.493 e. The van der Waals surface area contributed by atoms with Gasteiger partial charge in [-0.2, -0.15) is 0 Å². The van der Waals surface area contributed by atoms with Crippen LogP contribution in [0.3, 0.4) is 0 Å². The zero-order chi connectivity index (χ0) is 24.9.